The highest BCUT2D eigenvalue weighted by molar-refractivity contribution is 5.99. The molecule has 0 spiro atoms. The molecule has 2 N–H and O–H groups in total. The van der Waals surface area contributed by atoms with Gasteiger partial charge in [-0.05, 0) is 90.0 Å². The molecule has 6 heterocycles. The van der Waals surface area contributed by atoms with Gasteiger partial charge in [0, 0.05) is 32.8 Å². The van der Waals surface area contributed by atoms with E-state index in [9.17, 15) is 9.59 Å². The normalized spacial score (nSPS) is 16.9. The number of ether oxygens (including phenoxy) is 2. The lowest BCUT2D eigenvalue weighted by atomic mass is 9.87. The fraction of sp³-hybridized carbons (Fsp3) is 0.265. The number of carbonyl (C=O) groups is 2. The summed E-state index contributed by atoms with van der Waals surface area (Å²) < 4.78 is 12.3. The largest absolute Gasteiger partial charge is 0.494 e. The molecule has 8 bridgehead atoms. The van der Waals surface area contributed by atoms with Crippen molar-refractivity contribution in [3.05, 3.63) is 113 Å². The van der Waals surface area contributed by atoms with Crippen LogP contribution in [0, 0.1) is 0 Å². The molecular weight excluding hydrogens is 528 g/mol. The highest BCUT2D eigenvalue weighted by Gasteiger charge is 2.34. The third-order valence-corrected chi connectivity index (χ3v) is 7.76. The minimum atomic E-state index is -0.323. The number of benzene rings is 3. The molecule has 3 aromatic carbocycles. The van der Waals surface area contributed by atoms with Crippen molar-refractivity contribution >= 4 is 17.6 Å². The lowest BCUT2D eigenvalue weighted by Crippen LogP contribution is -2.41. The lowest BCUT2D eigenvalue weighted by Gasteiger charge is -2.38. The number of aryl methyl sites for hydroxylation is 1. The summed E-state index contributed by atoms with van der Waals surface area (Å²) in [7, 11) is 1.77. The van der Waals surface area contributed by atoms with Crippen LogP contribution >= 0.6 is 0 Å². The van der Waals surface area contributed by atoms with Crippen LogP contribution < -0.4 is 20.1 Å². The van der Waals surface area contributed by atoms with Gasteiger partial charge in [-0.3, -0.25) is 9.59 Å². The highest BCUT2D eigenvalue weighted by atomic mass is 16.5. The number of aromatic nitrogens is 1. The summed E-state index contributed by atoms with van der Waals surface area (Å²) >= 11 is 0. The van der Waals surface area contributed by atoms with E-state index in [-0.39, 0.29) is 17.9 Å². The van der Waals surface area contributed by atoms with Gasteiger partial charge in [0.25, 0.3) is 5.91 Å². The maximum absolute atomic E-state index is 14.1. The molecular formula is C34H34N4O4. The molecule has 9 rings (SSSR count). The first-order valence-corrected chi connectivity index (χ1v) is 14.4. The minimum absolute atomic E-state index is 0.0247. The summed E-state index contributed by atoms with van der Waals surface area (Å²) in [5.74, 6) is 2.69. The van der Waals surface area contributed by atoms with Crippen molar-refractivity contribution in [3.8, 4) is 17.2 Å². The molecule has 5 aliphatic heterocycles. The number of pyridine rings is 1. The van der Waals surface area contributed by atoms with Gasteiger partial charge in [0.15, 0.2) is 0 Å². The van der Waals surface area contributed by atoms with Crippen LogP contribution in [0.2, 0.25) is 0 Å². The molecule has 214 valence electrons. The quantitative estimate of drug-likeness (QED) is 0.334. The fourth-order valence-corrected chi connectivity index (χ4v) is 5.65. The van der Waals surface area contributed by atoms with Crippen molar-refractivity contribution in [2.24, 2.45) is 0 Å². The van der Waals surface area contributed by atoms with Gasteiger partial charge in [-0.25, -0.2) is 4.98 Å². The Hall–Kier alpha value is -4.85. The van der Waals surface area contributed by atoms with Crippen molar-refractivity contribution in [2.75, 3.05) is 32.1 Å². The van der Waals surface area contributed by atoms with Crippen molar-refractivity contribution in [1.29, 1.82) is 0 Å². The van der Waals surface area contributed by atoms with Crippen LogP contribution in [-0.4, -0.2) is 48.4 Å². The van der Waals surface area contributed by atoms with Gasteiger partial charge in [0.2, 0.25) is 5.91 Å². The number of anilines is 1. The van der Waals surface area contributed by atoms with E-state index in [4.69, 9.17) is 9.47 Å². The highest BCUT2D eigenvalue weighted by Crippen LogP contribution is 2.39. The van der Waals surface area contributed by atoms with Crippen LogP contribution in [0.1, 0.15) is 51.5 Å². The third kappa shape index (κ3) is 5.93. The predicted molar refractivity (Wildman–Crippen MR) is 161 cm³/mol. The van der Waals surface area contributed by atoms with E-state index in [1.807, 2.05) is 65.6 Å². The minimum Gasteiger partial charge on any atom is -0.494 e. The number of hydrogen-bond acceptors (Lipinski definition) is 6. The number of nitrogens with zero attached hydrogens (tertiary/aromatic N) is 2. The number of carbonyl (C=O) groups excluding carboxylic acids is 2. The molecule has 1 unspecified atom stereocenters. The van der Waals surface area contributed by atoms with Crippen LogP contribution in [0.5, 0.6) is 17.2 Å². The summed E-state index contributed by atoms with van der Waals surface area (Å²) in [6.07, 6.45) is 4.16. The number of rotatable bonds is 2. The summed E-state index contributed by atoms with van der Waals surface area (Å²) in [6, 6.07) is 25.2. The predicted octanol–water partition coefficient (Wildman–Crippen LogP) is 5.53. The van der Waals surface area contributed by atoms with Crippen LogP contribution in [0.15, 0.2) is 85.1 Å². The van der Waals surface area contributed by atoms with Crippen molar-refractivity contribution in [1.82, 2.24) is 15.2 Å². The molecule has 0 radical (unpaired) electrons. The van der Waals surface area contributed by atoms with Crippen LogP contribution in [-0.2, 0) is 17.6 Å². The molecule has 1 aromatic heterocycles. The Bertz CT molecular complexity index is 1590. The second-order valence-electron chi connectivity index (χ2n) is 10.5. The van der Waals surface area contributed by atoms with Crippen molar-refractivity contribution in [2.45, 2.75) is 31.7 Å². The van der Waals surface area contributed by atoms with Gasteiger partial charge in [0.05, 0.1) is 18.2 Å². The van der Waals surface area contributed by atoms with Gasteiger partial charge in [-0.15, -0.1) is 0 Å². The standard InChI is InChI=1S/C34H34N4O4/c1-35-33-30(7-3-17-37-33)34(40)38-19-16-24-21-28-13-14-29(24)32(38)25-5-2-6-27(22-25)41-20-4-18-36-31(39)15-10-23-8-11-26(42-28)12-9-23/h2-3,5-9,11-14,17,21-22,32H,4,10,15-16,18-20H2,1H3,(H,35,37)(H,36,39). The fourth-order valence-electron chi connectivity index (χ4n) is 5.65. The summed E-state index contributed by atoms with van der Waals surface area (Å²) in [4.78, 5) is 32.7. The summed E-state index contributed by atoms with van der Waals surface area (Å²) in [6.45, 7) is 1.55. The average molecular weight is 563 g/mol. The monoisotopic (exact) mass is 562 g/mol. The lowest BCUT2D eigenvalue weighted by molar-refractivity contribution is -0.121. The van der Waals surface area contributed by atoms with E-state index in [1.54, 1.807) is 19.3 Å². The summed E-state index contributed by atoms with van der Waals surface area (Å²) in [5, 5.41) is 6.04. The van der Waals surface area contributed by atoms with E-state index in [0.717, 1.165) is 39.5 Å². The molecule has 42 heavy (non-hydrogen) atoms. The van der Waals surface area contributed by atoms with Crippen molar-refractivity contribution < 1.29 is 19.1 Å². The van der Waals surface area contributed by atoms with Gasteiger partial charge >= 0.3 is 0 Å². The maximum Gasteiger partial charge on any atom is 0.258 e. The maximum atomic E-state index is 14.1. The van der Waals surface area contributed by atoms with E-state index >= 15 is 0 Å². The van der Waals surface area contributed by atoms with E-state index in [2.05, 4.69) is 27.8 Å². The molecule has 8 heteroatoms. The smallest absolute Gasteiger partial charge is 0.258 e. The molecule has 0 saturated heterocycles. The number of nitrogens with one attached hydrogen (secondary N) is 2. The third-order valence-electron chi connectivity index (χ3n) is 7.76. The Morgan fingerprint density at radius 1 is 0.952 bits per heavy atom. The topological polar surface area (TPSA) is 92.8 Å². The SMILES string of the molecule is CNc1ncccc1C(=O)N1CCc2cc3ccc2C1c1cccc(c1)OCCCNC(=O)CCc1ccc(cc1)O3. The van der Waals surface area contributed by atoms with Crippen LogP contribution in [0.25, 0.3) is 0 Å². The molecule has 8 nitrogen and oxygen atoms in total. The molecule has 0 saturated carbocycles. The Balaban J connectivity index is 1.39. The van der Waals surface area contributed by atoms with Crippen LogP contribution in [0.3, 0.4) is 0 Å². The van der Waals surface area contributed by atoms with E-state index in [0.29, 0.717) is 56.8 Å². The van der Waals surface area contributed by atoms with E-state index < -0.39 is 0 Å². The van der Waals surface area contributed by atoms with E-state index in [1.165, 1.54) is 0 Å². The Kier molecular flexibility index (Phi) is 8.03. The zero-order valence-corrected chi connectivity index (χ0v) is 23.6. The van der Waals surface area contributed by atoms with Gasteiger partial charge in [-0.2, -0.15) is 0 Å². The zero-order valence-electron chi connectivity index (χ0n) is 23.6. The molecule has 4 aromatic rings. The number of amides is 2. The van der Waals surface area contributed by atoms with Crippen LogP contribution in [0.4, 0.5) is 5.82 Å². The Morgan fingerprint density at radius 2 is 1.81 bits per heavy atom. The first-order valence-electron chi connectivity index (χ1n) is 14.4. The molecule has 2 amide bonds. The first-order chi connectivity index (χ1) is 20.6. The molecule has 1 atom stereocenters. The Morgan fingerprint density at radius 3 is 2.67 bits per heavy atom. The van der Waals surface area contributed by atoms with Crippen molar-refractivity contribution in [3.63, 3.8) is 0 Å². The second-order valence-corrected chi connectivity index (χ2v) is 10.5. The van der Waals surface area contributed by atoms with Gasteiger partial charge < -0.3 is 25.0 Å². The molecule has 0 fully saturated rings. The summed E-state index contributed by atoms with van der Waals surface area (Å²) in [5.41, 5.74) is 4.76. The molecule has 5 aliphatic rings. The van der Waals surface area contributed by atoms with Gasteiger partial charge in [-0.1, -0.05) is 30.3 Å². The zero-order chi connectivity index (χ0) is 28.9. The molecule has 0 aliphatic carbocycles. The first kappa shape index (κ1) is 27.3. The number of hydrogen-bond donors (Lipinski definition) is 2. The second kappa shape index (κ2) is 12.3. The average Bonchev–Trinajstić information content (AvgIpc) is 3.03. The Labute approximate surface area is 245 Å². The van der Waals surface area contributed by atoms with Gasteiger partial charge in [0.1, 0.15) is 23.1 Å².